The molecule has 0 radical (unpaired) electrons. The molecule has 1 aromatic carbocycles. The monoisotopic (exact) mass is 296 g/mol. The first kappa shape index (κ1) is 16.9. The van der Waals surface area contributed by atoms with Crippen molar-refractivity contribution in [2.75, 3.05) is 6.54 Å². The Morgan fingerprint density at radius 3 is 2.40 bits per heavy atom. The quantitative estimate of drug-likeness (QED) is 0.849. The second-order valence-corrected chi connectivity index (χ2v) is 7.57. The Kier molecular flexibility index (Phi) is 5.13. The van der Waals surface area contributed by atoms with Crippen LogP contribution in [0.5, 0.6) is 0 Å². The fraction of sp³-hybridized carbons (Fsp3) is 0.467. The largest absolute Gasteiger partial charge is 0.326 e. The molecule has 0 aliphatic rings. The highest BCUT2D eigenvalue weighted by Crippen LogP contribution is 2.27. The maximum Gasteiger partial charge on any atom is 0.244 e. The molecule has 0 heterocycles. The van der Waals surface area contributed by atoms with Gasteiger partial charge in [-0.25, -0.2) is 8.42 Å². The van der Waals surface area contributed by atoms with E-state index in [0.717, 1.165) is 5.56 Å². The highest BCUT2D eigenvalue weighted by atomic mass is 32.2. The second kappa shape index (κ2) is 6.08. The number of hydrogen-bond acceptors (Lipinski definition) is 3. The van der Waals surface area contributed by atoms with Gasteiger partial charge in [0.15, 0.2) is 0 Å². The Labute approximate surface area is 122 Å². The maximum absolute atomic E-state index is 12.9. The first-order chi connectivity index (χ1) is 9.16. The van der Waals surface area contributed by atoms with Gasteiger partial charge in [-0.1, -0.05) is 18.2 Å². The molecule has 0 fully saturated rings. The van der Waals surface area contributed by atoms with E-state index in [1.165, 1.54) is 4.31 Å². The molecular weight excluding hydrogens is 272 g/mol. The van der Waals surface area contributed by atoms with Crippen molar-refractivity contribution in [1.29, 1.82) is 0 Å². The molecule has 0 aliphatic carbocycles. The Bertz CT molecular complexity index is 586. The predicted octanol–water partition coefficient (Wildman–Crippen LogP) is 2.43. The van der Waals surface area contributed by atoms with Crippen LogP contribution >= 0.6 is 0 Å². The molecule has 0 spiro atoms. The normalized spacial score (nSPS) is 12.7. The number of nitrogens with two attached hydrogens (primary N) is 1. The lowest BCUT2D eigenvalue weighted by Gasteiger charge is -2.34. The molecule has 0 amide bonds. The van der Waals surface area contributed by atoms with Crippen molar-refractivity contribution < 1.29 is 8.42 Å². The molecule has 5 heteroatoms. The topological polar surface area (TPSA) is 63.4 Å². The SMILES string of the molecule is C=CCN(C(C)(C)C)S(=O)(=O)c1cccc(CN)c1C. The lowest BCUT2D eigenvalue weighted by atomic mass is 10.1. The van der Waals surface area contributed by atoms with E-state index < -0.39 is 15.6 Å². The Morgan fingerprint density at radius 1 is 1.35 bits per heavy atom. The molecule has 0 aliphatic heterocycles. The molecule has 1 rings (SSSR count). The Morgan fingerprint density at radius 2 is 1.95 bits per heavy atom. The standard InChI is InChI=1S/C15H24N2O2S/c1-6-10-17(15(3,4)5)20(18,19)14-9-7-8-13(11-16)12(14)2/h6-9H,1,10-11,16H2,2-5H3. The van der Waals surface area contributed by atoms with Gasteiger partial charge in [-0.2, -0.15) is 4.31 Å². The van der Waals surface area contributed by atoms with Crippen LogP contribution in [0.1, 0.15) is 31.9 Å². The van der Waals surface area contributed by atoms with Crippen LogP contribution in [0.2, 0.25) is 0 Å². The third-order valence-electron chi connectivity index (χ3n) is 3.23. The Hall–Kier alpha value is -1.17. The Balaban J connectivity index is 3.45. The molecular formula is C15H24N2O2S. The van der Waals surface area contributed by atoms with Gasteiger partial charge in [0.25, 0.3) is 0 Å². The van der Waals surface area contributed by atoms with Gasteiger partial charge < -0.3 is 5.73 Å². The van der Waals surface area contributed by atoms with E-state index in [4.69, 9.17) is 5.73 Å². The molecule has 1 aromatic rings. The van der Waals surface area contributed by atoms with Crippen LogP contribution in [0, 0.1) is 6.92 Å². The van der Waals surface area contributed by atoms with Gasteiger partial charge in [0.2, 0.25) is 10.0 Å². The summed E-state index contributed by atoms with van der Waals surface area (Å²) in [5, 5.41) is 0. The number of sulfonamides is 1. The van der Waals surface area contributed by atoms with Crippen LogP contribution in [0.15, 0.2) is 35.7 Å². The third kappa shape index (κ3) is 3.29. The zero-order valence-electron chi connectivity index (χ0n) is 12.7. The summed E-state index contributed by atoms with van der Waals surface area (Å²) in [7, 11) is -3.58. The van der Waals surface area contributed by atoms with E-state index in [9.17, 15) is 8.42 Å². The van der Waals surface area contributed by atoms with Crippen molar-refractivity contribution in [2.24, 2.45) is 5.73 Å². The van der Waals surface area contributed by atoms with E-state index in [1.54, 1.807) is 25.1 Å². The van der Waals surface area contributed by atoms with Gasteiger partial charge in [-0.3, -0.25) is 0 Å². The minimum absolute atomic E-state index is 0.276. The van der Waals surface area contributed by atoms with E-state index in [2.05, 4.69) is 6.58 Å². The molecule has 2 N–H and O–H groups in total. The molecule has 0 bridgehead atoms. The molecule has 0 atom stereocenters. The van der Waals surface area contributed by atoms with Crippen LogP contribution in [-0.2, 0) is 16.6 Å². The molecule has 112 valence electrons. The van der Waals surface area contributed by atoms with Crippen LogP contribution in [0.3, 0.4) is 0 Å². The maximum atomic E-state index is 12.9. The van der Waals surface area contributed by atoms with E-state index in [1.807, 2.05) is 26.8 Å². The van der Waals surface area contributed by atoms with Gasteiger partial charge in [0.1, 0.15) is 0 Å². The van der Waals surface area contributed by atoms with Crippen molar-refractivity contribution in [1.82, 2.24) is 4.31 Å². The summed E-state index contributed by atoms with van der Waals surface area (Å²) in [5.41, 5.74) is 6.70. The fourth-order valence-electron chi connectivity index (χ4n) is 2.13. The van der Waals surface area contributed by atoms with Gasteiger partial charge in [-0.05, 0) is 44.9 Å². The first-order valence-corrected chi connectivity index (χ1v) is 8.02. The van der Waals surface area contributed by atoms with Crippen molar-refractivity contribution in [2.45, 2.75) is 44.7 Å². The summed E-state index contributed by atoms with van der Waals surface area (Å²) >= 11 is 0. The van der Waals surface area contributed by atoms with Gasteiger partial charge in [0, 0.05) is 18.6 Å². The number of nitrogens with zero attached hydrogens (tertiary/aromatic N) is 1. The van der Waals surface area contributed by atoms with Crippen molar-refractivity contribution >= 4 is 10.0 Å². The molecule has 0 saturated carbocycles. The van der Waals surface area contributed by atoms with Gasteiger partial charge in [-0.15, -0.1) is 6.58 Å². The summed E-state index contributed by atoms with van der Waals surface area (Å²) in [5.74, 6) is 0. The smallest absolute Gasteiger partial charge is 0.244 e. The predicted molar refractivity (Wildman–Crippen MR) is 82.9 cm³/mol. The van der Waals surface area contributed by atoms with Gasteiger partial charge >= 0.3 is 0 Å². The average Bonchev–Trinajstić information content (AvgIpc) is 2.34. The van der Waals surface area contributed by atoms with E-state index >= 15 is 0 Å². The van der Waals surface area contributed by atoms with Crippen LogP contribution in [0.4, 0.5) is 0 Å². The van der Waals surface area contributed by atoms with Crippen LogP contribution in [0.25, 0.3) is 0 Å². The number of hydrogen-bond donors (Lipinski definition) is 1. The molecule has 0 saturated heterocycles. The minimum Gasteiger partial charge on any atom is -0.326 e. The van der Waals surface area contributed by atoms with Crippen LogP contribution in [-0.4, -0.2) is 24.8 Å². The summed E-state index contributed by atoms with van der Waals surface area (Å²) < 4.78 is 27.2. The molecule has 0 aromatic heterocycles. The summed E-state index contributed by atoms with van der Waals surface area (Å²) in [6.07, 6.45) is 1.60. The molecule has 4 nitrogen and oxygen atoms in total. The molecule has 20 heavy (non-hydrogen) atoms. The zero-order chi connectivity index (χ0) is 15.6. The lowest BCUT2D eigenvalue weighted by molar-refractivity contribution is 0.269. The van der Waals surface area contributed by atoms with Crippen molar-refractivity contribution in [3.05, 3.63) is 42.0 Å². The van der Waals surface area contributed by atoms with Crippen LogP contribution < -0.4 is 5.73 Å². The minimum atomic E-state index is -3.58. The lowest BCUT2D eigenvalue weighted by Crippen LogP contribution is -2.45. The van der Waals surface area contributed by atoms with Gasteiger partial charge in [0.05, 0.1) is 4.90 Å². The van der Waals surface area contributed by atoms with E-state index in [-0.39, 0.29) is 6.54 Å². The highest BCUT2D eigenvalue weighted by molar-refractivity contribution is 7.89. The number of benzene rings is 1. The van der Waals surface area contributed by atoms with E-state index in [0.29, 0.717) is 17.0 Å². The van der Waals surface area contributed by atoms with Crippen molar-refractivity contribution in [3.63, 3.8) is 0 Å². The zero-order valence-corrected chi connectivity index (χ0v) is 13.5. The summed E-state index contributed by atoms with van der Waals surface area (Å²) in [4.78, 5) is 0.317. The third-order valence-corrected chi connectivity index (χ3v) is 5.50. The second-order valence-electron chi connectivity index (χ2n) is 5.74. The summed E-state index contributed by atoms with van der Waals surface area (Å²) in [6, 6.07) is 5.21. The first-order valence-electron chi connectivity index (χ1n) is 6.58. The summed E-state index contributed by atoms with van der Waals surface area (Å²) in [6.45, 7) is 11.7. The highest BCUT2D eigenvalue weighted by Gasteiger charge is 2.34. The fourth-order valence-corrected chi connectivity index (χ4v) is 4.16. The molecule has 0 unspecified atom stereocenters. The average molecular weight is 296 g/mol. The van der Waals surface area contributed by atoms with Crippen molar-refractivity contribution in [3.8, 4) is 0 Å². The number of rotatable bonds is 5.